The van der Waals surface area contributed by atoms with Gasteiger partial charge in [0.05, 0.1) is 31.7 Å². The van der Waals surface area contributed by atoms with Crippen LogP contribution < -0.4 is 29.0 Å². The summed E-state index contributed by atoms with van der Waals surface area (Å²) < 4.78 is 121. The molecule has 0 bridgehead atoms. The Labute approximate surface area is 275 Å². The van der Waals surface area contributed by atoms with Crippen LogP contribution in [0.2, 0.25) is 0 Å². The average Bonchev–Trinajstić information content (AvgIpc) is 3.66. The lowest BCUT2D eigenvalue weighted by Crippen LogP contribution is -2.40. The van der Waals surface area contributed by atoms with Crippen molar-refractivity contribution in [1.29, 1.82) is 0 Å². The average molecular weight is 733 g/mol. The van der Waals surface area contributed by atoms with Crippen LogP contribution in [-0.2, 0) is 29.9 Å². The quantitative estimate of drug-likeness (QED) is 0.188. The summed E-state index contributed by atoms with van der Waals surface area (Å²) in [5, 5.41) is 29.4. The summed E-state index contributed by atoms with van der Waals surface area (Å²) in [7, 11) is -13.8. The number of hydrogen-bond donors (Lipinski definition) is 2. The molecule has 0 aliphatic heterocycles. The van der Waals surface area contributed by atoms with Crippen LogP contribution in [0.15, 0.2) is 126 Å². The van der Waals surface area contributed by atoms with E-state index in [2.05, 4.69) is 19.6 Å². The van der Waals surface area contributed by atoms with E-state index >= 15 is 0 Å². The van der Waals surface area contributed by atoms with E-state index in [1.54, 1.807) is 0 Å². The number of anilines is 2. The third kappa shape index (κ3) is 6.24. The fourth-order valence-corrected chi connectivity index (χ4v) is 8.01. The van der Waals surface area contributed by atoms with Gasteiger partial charge in [0.15, 0.2) is 11.9 Å². The predicted octanol–water partition coefficient (Wildman–Crippen LogP) is 1.08. The monoisotopic (exact) mass is 732 g/mol. The van der Waals surface area contributed by atoms with Gasteiger partial charge in [0.2, 0.25) is 21.2 Å². The molecular weight excluding hydrogens is 715 g/mol. The van der Waals surface area contributed by atoms with Gasteiger partial charge in [-0.1, -0.05) is 24.3 Å². The van der Waals surface area contributed by atoms with Gasteiger partial charge in [0.1, 0.15) is 11.6 Å². The van der Waals surface area contributed by atoms with Crippen LogP contribution in [0.3, 0.4) is 0 Å². The molecule has 0 amide bonds. The Kier molecular flexibility index (Phi) is 8.26. The Balaban J connectivity index is 1.26. The van der Waals surface area contributed by atoms with Gasteiger partial charge >= 0.3 is 30.1 Å². The molecule has 0 saturated carbocycles. The molecule has 0 saturated heterocycles. The molecule has 0 aliphatic rings. The molecule has 0 atom stereocenters. The van der Waals surface area contributed by atoms with Crippen molar-refractivity contribution in [3.05, 3.63) is 109 Å². The molecule has 2 heterocycles. The Morgan fingerprint density at radius 1 is 0.551 bits per heavy atom. The van der Waals surface area contributed by atoms with E-state index in [1.807, 2.05) is 9.44 Å². The van der Waals surface area contributed by atoms with Crippen LogP contribution in [0.5, 0.6) is 11.9 Å². The molecule has 6 rings (SSSR count). The Morgan fingerprint density at radius 2 is 0.898 bits per heavy atom. The van der Waals surface area contributed by atoms with Gasteiger partial charge in [-0.3, -0.25) is 9.44 Å². The molecule has 49 heavy (non-hydrogen) atoms. The molecule has 6 aromatic rings. The van der Waals surface area contributed by atoms with Crippen LogP contribution >= 0.6 is 0 Å². The predicted molar refractivity (Wildman–Crippen MR) is 155 cm³/mol. The van der Waals surface area contributed by atoms with Crippen molar-refractivity contribution in [2.75, 3.05) is 9.44 Å². The van der Waals surface area contributed by atoms with Crippen molar-refractivity contribution in [3.63, 3.8) is 0 Å². The standard InChI is InChI=1S/C28H18F2N6O10S3/c29-21-5-1-3-7-23(21)31-48(41,42)25-27(37)45-33-35(25)17-9-13-19(14-10-17)47(39,40)20-15-11-18(12-16-20)36-26(28(38)46-34-36)49(43,44)32-24-8-4-2-6-22(24)30/h1-16,31-32H. The summed E-state index contributed by atoms with van der Waals surface area (Å²) >= 11 is 0. The van der Waals surface area contributed by atoms with E-state index in [9.17, 15) is 44.2 Å². The Morgan fingerprint density at radius 3 is 1.24 bits per heavy atom. The van der Waals surface area contributed by atoms with Crippen molar-refractivity contribution < 1.29 is 62.7 Å². The third-order valence-electron chi connectivity index (χ3n) is 6.67. The van der Waals surface area contributed by atoms with Crippen molar-refractivity contribution in [3.8, 4) is 23.3 Å². The molecule has 2 N–H and O–H groups in total. The SMILES string of the molecule is O=S(=O)(Nc1ccccc1F)c1c([O-])on[n+]1-c1ccc(S(=O)(=O)c2ccc(-[n+]3noc([O-])c3S(=O)(=O)Nc3ccccc3F)cc2)cc1. The number of nitrogens with zero attached hydrogens (tertiary/aromatic N) is 4. The van der Waals surface area contributed by atoms with Crippen molar-refractivity contribution >= 4 is 41.3 Å². The zero-order valence-electron chi connectivity index (χ0n) is 24.1. The van der Waals surface area contributed by atoms with E-state index in [1.165, 1.54) is 24.3 Å². The van der Waals surface area contributed by atoms with Crippen LogP contribution in [0.25, 0.3) is 11.4 Å². The number of nitrogens with one attached hydrogen (secondary N) is 2. The number of sulfonamides is 2. The number of hydrogen-bond acceptors (Lipinski definition) is 12. The lowest BCUT2D eigenvalue weighted by Gasteiger charge is -2.07. The minimum absolute atomic E-state index is 0.109. The second-order valence-electron chi connectivity index (χ2n) is 9.82. The molecule has 0 aliphatic carbocycles. The van der Waals surface area contributed by atoms with Crippen LogP contribution in [0, 0.1) is 11.6 Å². The maximum absolute atomic E-state index is 14.1. The van der Waals surface area contributed by atoms with Gasteiger partial charge < -0.3 is 19.3 Å². The Bertz CT molecular complexity index is 2370. The zero-order chi connectivity index (χ0) is 35.1. The number of aromatic nitrogens is 4. The molecular formula is C28H18F2N6O10S3. The first kappa shape index (κ1) is 33.0. The topological polar surface area (TPSA) is 232 Å². The van der Waals surface area contributed by atoms with Crippen LogP contribution in [0.4, 0.5) is 20.2 Å². The summed E-state index contributed by atoms with van der Waals surface area (Å²) in [5.41, 5.74) is -1.12. The number of rotatable bonds is 10. The molecule has 0 unspecified atom stereocenters. The van der Waals surface area contributed by atoms with Gasteiger partial charge in [0, 0.05) is 24.3 Å². The fraction of sp³-hybridized carbons (Fsp3) is 0. The van der Waals surface area contributed by atoms with Gasteiger partial charge in [-0.25, -0.2) is 17.2 Å². The molecule has 21 heteroatoms. The maximum atomic E-state index is 14.1. The second kappa shape index (κ2) is 12.3. The summed E-state index contributed by atoms with van der Waals surface area (Å²) in [6.07, 6.45) is 0. The molecule has 4 aromatic carbocycles. The first-order valence-electron chi connectivity index (χ1n) is 13.4. The summed E-state index contributed by atoms with van der Waals surface area (Å²) in [4.78, 5) is -0.588. The highest BCUT2D eigenvalue weighted by Gasteiger charge is 2.36. The minimum atomic E-state index is -4.74. The van der Waals surface area contributed by atoms with E-state index in [0.29, 0.717) is 9.36 Å². The van der Waals surface area contributed by atoms with Crippen molar-refractivity contribution in [2.45, 2.75) is 19.8 Å². The van der Waals surface area contributed by atoms with E-state index in [0.717, 1.165) is 72.8 Å². The normalized spacial score (nSPS) is 12.1. The highest BCUT2D eigenvalue weighted by molar-refractivity contribution is 7.93. The minimum Gasteiger partial charge on any atom is -0.538 e. The number of benzene rings is 4. The lowest BCUT2D eigenvalue weighted by atomic mass is 10.3. The first-order chi connectivity index (χ1) is 23.2. The zero-order valence-corrected chi connectivity index (χ0v) is 26.5. The molecule has 0 radical (unpaired) electrons. The molecule has 252 valence electrons. The highest BCUT2D eigenvalue weighted by atomic mass is 32.2. The number of sulfone groups is 1. The molecule has 0 spiro atoms. The van der Waals surface area contributed by atoms with Crippen LogP contribution in [-0.4, -0.2) is 35.8 Å². The van der Waals surface area contributed by atoms with Crippen molar-refractivity contribution in [1.82, 2.24) is 10.5 Å². The third-order valence-corrected chi connectivity index (χ3v) is 11.1. The fourth-order valence-electron chi connectivity index (χ4n) is 4.40. The summed E-state index contributed by atoms with van der Waals surface area (Å²) in [6, 6.07) is 18.5. The van der Waals surface area contributed by atoms with E-state index in [4.69, 9.17) is 0 Å². The van der Waals surface area contributed by atoms with Gasteiger partial charge in [0.25, 0.3) is 0 Å². The van der Waals surface area contributed by atoms with E-state index < -0.39 is 74.8 Å². The number of para-hydroxylation sites is 2. The number of halogens is 2. The van der Waals surface area contributed by atoms with E-state index in [-0.39, 0.29) is 21.2 Å². The van der Waals surface area contributed by atoms with Gasteiger partial charge in [-0.2, -0.15) is 16.8 Å². The highest BCUT2D eigenvalue weighted by Crippen LogP contribution is 2.26. The summed E-state index contributed by atoms with van der Waals surface area (Å²) in [5.74, 6) is -4.59. The van der Waals surface area contributed by atoms with Crippen molar-refractivity contribution in [2.24, 2.45) is 0 Å². The summed E-state index contributed by atoms with van der Waals surface area (Å²) in [6.45, 7) is 0. The Hall–Kier alpha value is -5.93. The maximum Gasteiger partial charge on any atom is 0.373 e. The van der Waals surface area contributed by atoms with Gasteiger partial charge in [-0.15, -0.1) is 0 Å². The molecule has 16 nitrogen and oxygen atoms in total. The lowest BCUT2D eigenvalue weighted by molar-refractivity contribution is -0.706. The largest absolute Gasteiger partial charge is 0.538 e. The smallest absolute Gasteiger partial charge is 0.373 e. The van der Waals surface area contributed by atoms with Gasteiger partial charge in [-0.05, 0) is 57.9 Å². The molecule has 0 fully saturated rings. The first-order valence-corrected chi connectivity index (χ1v) is 17.8. The second-order valence-corrected chi connectivity index (χ2v) is 15.0. The molecule has 2 aromatic heterocycles. The van der Waals surface area contributed by atoms with Crippen LogP contribution in [0.1, 0.15) is 0 Å².